The van der Waals surface area contributed by atoms with E-state index in [1.165, 1.54) is 50.3 Å². The summed E-state index contributed by atoms with van der Waals surface area (Å²) in [4.78, 5) is 11.6. The van der Waals surface area contributed by atoms with Crippen molar-refractivity contribution < 1.29 is 9.18 Å². The molecule has 0 spiro atoms. The van der Waals surface area contributed by atoms with E-state index in [2.05, 4.69) is 10.6 Å². The molecule has 0 aromatic heterocycles. The topological polar surface area (TPSA) is 41.1 Å². The van der Waals surface area contributed by atoms with E-state index in [0.29, 0.717) is 11.6 Å². The minimum Gasteiger partial charge on any atom is -0.315 e. The molecule has 3 nitrogen and oxygen atoms in total. The molecule has 1 aromatic carbocycles. The quantitative estimate of drug-likeness (QED) is 0.834. The van der Waals surface area contributed by atoms with Crippen molar-refractivity contribution >= 4 is 23.3 Å². The number of halogens is 2. The number of amides is 2. The van der Waals surface area contributed by atoms with Crippen molar-refractivity contribution in [2.24, 2.45) is 5.92 Å². The third-order valence-electron chi connectivity index (χ3n) is 3.41. The van der Waals surface area contributed by atoms with Gasteiger partial charge in [0, 0.05) is 11.9 Å². The zero-order chi connectivity index (χ0) is 14.4. The number of benzene rings is 1. The van der Waals surface area contributed by atoms with Crippen LogP contribution in [0.15, 0.2) is 30.5 Å². The van der Waals surface area contributed by atoms with Crippen molar-refractivity contribution in [1.29, 1.82) is 0 Å². The van der Waals surface area contributed by atoms with Crippen LogP contribution in [0.1, 0.15) is 32.1 Å². The van der Waals surface area contributed by atoms with Crippen LogP contribution in [-0.4, -0.2) is 6.03 Å². The van der Waals surface area contributed by atoms with Crippen LogP contribution < -0.4 is 10.6 Å². The number of rotatable bonds is 3. The Bertz CT molecular complexity index is 499. The zero-order valence-corrected chi connectivity index (χ0v) is 11.9. The van der Waals surface area contributed by atoms with Gasteiger partial charge in [-0.15, -0.1) is 0 Å². The lowest BCUT2D eigenvalue weighted by Crippen LogP contribution is -2.24. The molecule has 0 radical (unpaired) electrons. The zero-order valence-electron chi connectivity index (χ0n) is 11.2. The van der Waals surface area contributed by atoms with Gasteiger partial charge in [0.15, 0.2) is 0 Å². The maximum Gasteiger partial charge on any atom is 0.323 e. The summed E-state index contributed by atoms with van der Waals surface area (Å²) >= 11 is 5.64. The number of carbonyl (C=O) groups excluding carboxylic acids is 1. The Labute approximate surface area is 123 Å². The number of anilines is 1. The Balaban J connectivity index is 1.79. The summed E-state index contributed by atoms with van der Waals surface area (Å²) in [6.45, 7) is 0. The van der Waals surface area contributed by atoms with E-state index in [9.17, 15) is 9.18 Å². The molecule has 0 saturated heterocycles. The summed E-state index contributed by atoms with van der Waals surface area (Å²) in [5, 5.41) is 5.23. The summed E-state index contributed by atoms with van der Waals surface area (Å²) in [7, 11) is 0. The lowest BCUT2D eigenvalue weighted by molar-refractivity contribution is 0.255. The summed E-state index contributed by atoms with van der Waals surface area (Å²) in [5.41, 5.74) is 0.458. The predicted octanol–water partition coefficient (Wildman–Crippen LogP) is 4.69. The largest absolute Gasteiger partial charge is 0.323 e. The van der Waals surface area contributed by atoms with Crippen molar-refractivity contribution in [3.05, 3.63) is 41.3 Å². The molecule has 0 aliphatic heterocycles. The molecule has 2 amide bonds. The number of hydrogen-bond donors (Lipinski definition) is 2. The highest BCUT2D eigenvalue weighted by Crippen LogP contribution is 2.24. The number of urea groups is 1. The molecule has 0 heterocycles. The molecular formula is C15H18ClFN2O. The fraction of sp³-hybridized carbons (Fsp3) is 0.400. The van der Waals surface area contributed by atoms with Gasteiger partial charge in [-0.3, -0.25) is 0 Å². The second kappa shape index (κ2) is 7.29. The van der Waals surface area contributed by atoms with Crippen LogP contribution >= 0.6 is 11.6 Å². The highest BCUT2D eigenvalue weighted by Gasteiger charge is 2.09. The average Bonchev–Trinajstić information content (AvgIpc) is 2.44. The van der Waals surface area contributed by atoms with Gasteiger partial charge in [-0.2, -0.15) is 0 Å². The summed E-state index contributed by atoms with van der Waals surface area (Å²) < 4.78 is 13.0. The van der Waals surface area contributed by atoms with Gasteiger partial charge in [0.25, 0.3) is 0 Å². The molecule has 0 atom stereocenters. The normalized spacial score (nSPS) is 16.3. The van der Waals surface area contributed by atoms with Gasteiger partial charge in [-0.05, 0) is 37.0 Å². The third-order valence-corrected chi connectivity index (χ3v) is 3.70. The van der Waals surface area contributed by atoms with E-state index < -0.39 is 5.82 Å². The molecule has 0 unspecified atom stereocenters. The molecule has 1 aliphatic carbocycles. The lowest BCUT2D eigenvalue weighted by Gasteiger charge is -2.17. The smallest absolute Gasteiger partial charge is 0.315 e. The molecule has 2 rings (SSSR count). The average molecular weight is 297 g/mol. The Hall–Kier alpha value is -1.55. The minimum absolute atomic E-state index is 0.0134. The number of nitrogens with one attached hydrogen (secondary N) is 2. The first-order chi connectivity index (χ1) is 9.65. The van der Waals surface area contributed by atoms with Crippen LogP contribution in [-0.2, 0) is 0 Å². The molecule has 2 N–H and O–H groups in total. The van der Waals surface area contributed by atoms with Crippen LogP contribution in [0.2, 0.25) is 5.02 Å². The van der Waals surface area contributed by atoms with Crippen molar-refractivity contribution in [1.82, 2.24) is 5.32 Å². The fourth-order valence-electron chi connectivity index (χ4n) is 2.33. The van der Waals surface area contributed by atoms with E-state index in [-0.39, 0.29) is 11.1 Å². The Morgan fingerprint density at radius 2 is 2.05 bits per heavy atom. The lowest BCUT2D eigenvalue weighted by atomic mass is 9.89. The molecule has 5 heteroatoms. The van der Waals surface area contributed by atoms with Gasteiger partial charge >= 0.3 is 6.03 Å². The van der Waals surface area contributed by atoms with Crippen LogP contribution in [0, 0.1) is 11.7 Å². The molecule has 20 heavy (non-hydrogen) atoms. The highest BCUT2D eigenvalue weighted by molar-refractivity contribution is 6.31. The fourth-order valence-corrected chi connectivity index (χ4v) is 2.51. The first kappa shape index (κ1) is 14.9. The highest BCUT2D eigenvalue weighted by atomic mass is 35.5. The number of hydrogen-bond acceptors (Lipinski definition) is 1. The maximum atomic E-state index is 13.0. The van der Waals surface area contributed by atoms with E-state index >= 15 is 0 Å². The van der Waals surface area contributed by atoms with E-state index in [1.54, 1.807) is 6.20 Å². The first-order valence-electron chi connectivity index (χ1n) is 6.84. The minimum atomic E-state index is -0.505. The molecule has 0 bridgehead atoms. The van der Waals surface area contributed by atoms with Crippen molar-refractivity contribution in [3.8, 4) is 0 Å². The van der Waals surface area contributed by atoms with Gasteiger partial charge in [0.2, 0.25) is 0 Å². The molecule has 1 fully saturated rings. The number of allylic oxidation sites excluding steroid dienone is 1. The molecule has 1 aliphatic rings. The number of carbonyl (C=O) groups is 1. The summed E-state index contributed by atoms with van der Waals surface area (Å²) in [5.74, 6) is 0.0548. The van der Waals surface area contributed by atoms with Crippen molar-refractivity contribution in [3.63, 3.8) is 0 Å². The predicted molar refractivity (Wildman–Crippen MR) is 79.3 cm³/mol. The van der Waals surface area contributed by atoms with Crippen LogP contribution in [0.4, 0.5) is 14.9 Å². The second-order valence-electron chi connectivity index (χ2n) is 4.98. The first-order valence-corrected chi connectivity index (χ1v) is 7.22. The molecule has 108 valence electrons. The summed E-state index contributed by atoms with van der Waals surface area (Å²) in [6, 6.07) is 3.70. The van der Waals surface area contributed by atoms with Gasteiger partial charge < -0.3 is 10.6 Å². The van der Waals surface area contributed by atoms with Crippen LogP contribution in [0.3, 0.4) is 0 Å². The van der Waals surface area contributed by atoms with E-state index in [0.717, 1.165) is 0 Å². The van der Waals surface area contributed by atoms with Crippen molar-refractivity contribution in [2.45, 2.75) is 32.1 Å². The van der Waals surface area contributed by atoms with Gasteiger partial charge in [-0.25, -0.2) is 9.18 Å². The molecule has 1 aromatic rings. The molecule has 1 saturated carbocycles. The van der Waals surface area contributed by atoms with Gasteiger partial charge in [0.1, 0.15) is 5.82 Å². The maximum absolute atomic E-state index is 13.0. The van der Waals surface area contributed by atoms with Gasteiger partial charge in [0.05, 0.1) is 5.02 Å². The third kappa shape index (κ3) is 4.53. The standard InChI is InChI=1S/C15H18ClFN2O/c16-13-10-12(6-7-14(13)17)19-15(20)18-9-8-11-4-2-1-3-5-11/h6-11H,1-5H2,(H2,18,19,20)/b9-8+. The SMILES string of the molecule is O=C(N/C=C/C1CCCCC1)Nc1ccc(F)c(Cl)c1. The molecular weight excluding hydrogens is 279 g/mol. The second-order valence-corrected chi connectivity index (χ2v) is 5.39. The Morgan fingerprint density at radius 1 is 1.30 bits per heavy atom. The van der Waals surface area contributed by atoms with E-state index in [4.69, 9.17) is 11.6 Å². The van der Waals surface area contributed by atoms with Gasteiger partial charge in [-0.1, -0.05) is 36.9 Å². The van der Waals surface area contributed by atoms with E-state index in [1.807, 2.05) is 6.08 Å². The van der Waals surface area contributed by atoms with Crippen LogP contribution in [0.5, 0.6) is 0 Å². The van der Waals surface area contributed by atoms with Crippen LogP contribution in [0.25, 0.3) is 0 Å². The van der Waals surface area contributed by atoms with Crippen molar-refractivity contribution in [2.75, 3.05) is 5.32 Å². The Morgan fingerprint density at radius 3 is 2.75 bits per heavy atom. The monoisotopic (exact) mass is 296 g/mol. The summed E-state index contributed by atoms with van der Waals surface area (Å²) in [6.07, 6.45) is 9.92. The Kier molecular flexibility index (Phi) is 5.41.